The lowest BCUT2D eigenvalue weighted by atomic mass is 10.1. The van der Waals surface area contributed by atoms with E-state index >= 15 is 0 Å². The normalized spacial score (nSPS) is 15.9. The Balaban J connectivity index is 1.18. The molecule has 0 aliphatic carbocycles. The molecule has 4 aromatic rings. The van der Waals surface area contributed by atoms with E-state index in [0.29, 0.717) is 80.4 Å². The van der Waals surface area contributed by atoms with Gasteiger partial charge in [-0.1, -0.05) is 12.1 Å². The van der Waals surface area contributed by atoms with E-state index in [1.54, 1.807) is 47.5 Å². The summed E-state index contributed by atoms with van der Waals surface area (Å²) in [6.45, 7) is 3.31. The fourth-order valence-corrected chi connectivity index (χ4v) is 6.27. The lowest BCUT2D eigenvalue weighted by molar-refractivity contribution is -0.138. The number of pyridine rings is 1. The summed E-state index contributed by atoms with van der Waals surface area (Å²) in [5, 5.41) is 13.4. The first kappa shape index (κ1) is 35.8. The Morgan fingerprint density at radius 1 is 0.686 bits per heavy atom. The average Bonchev–Trinajstić information content (AvgIpc) is 3.64. The molecule has 268 valence electrons. The van der Waals surface area contributed by atoms with Crippen molar-refractivity contribution in [2.45, 2.75) is 12.4 Å². The first-order valence-electron chi connectivity index (χ1n) is 15.8. The summed E-state index contributed by atoms with van der Waals surface area (Å²) in [5.41, 5.74) is -0.252. The Labute approximate surface area is 300 Å². The van der Waals surface area contributed by atoms with Gasteiger partial charge in [-0.15, -0.1) is 0 Å². The topological polar surface area (TPSA) is 91.0 Å². The van der Waals surface area contributed by atoms with Crippen LogP contribution in [0, 0.1) is 0 Å². The van der Waals surface area contributed by atoms with Gasteiger partial charge in [-0.2, -0.15) is 31.4 Å². The van der Waals surface area contributed by atoms with Crippen LogP contribution in [0.15, 0.2) is 84.1 Å². The standard InChI is InChI=1S/C33H32F6N10S2/c34-32(35,36)22-4-3-5-25(19-22)46-10-14-49(15-11-46)31(51)44-29(27-6-1-2-8-40-27)42-24-18-23(33(37,38)39)20-26(21-24)47-12-16-48(17-13-47)30(50)43-28-7-9-41-45-28/h1-9,18-21H,10-17H2,(H,42,44,51)(H2,41,43,45,50). The fraction of sp³-hybridized carbons (Fsp3) is 0.303. The number of thiocarbonyl (C=S) groups is 2. The van der Waals surface area contributed by atoms with Gasteiger partial charge in [0.25, 0.3) is 0 Å². The van der Waals surface area contributed by atoms with Crippen molar-refractivity contribution in [3.8, 4) is 0 Å². The van der Waals surface area contributed by atoms with Gasteiger partial charge in [0.2, 0.25) is 0 Å². The zero-order chi connectivity index (χ0) is 36.2. The zero-order valence-corrected chi connectivity index (χ0v) is 28.5. The van der Waals surface area contributed by atoms with Crippen molar-refractivity contribution in [2.24, 2.45) is 4.99 Å². The van der Waals surface area contributed by atoms with E-state index in [9.17, 15) is 26.3 Å². The van der Waals surface area contributed by atoms with E-state index in [1.165, 1.54) is 12.3 Å². The molecule has 3 N–H and O–H groups in total. The highest BCUT2D eigenvalue weighted by molar-refractivity contribution is 7.80. The van der Waals surface area contributed by atoms with Crippen LogP contribution in [0.3, 0.4) is 0 Å². The third-order valence-corrected chi connectivity index (χ3v) is 9.10. The van der Waals surface area contributed by atoms with Crippen molar-refractivity contribution in [2.75, 3.05) is 72.8 Å². The third-order valence-electron chi connectivity index (χ3n) is 8.39. The molecule has 10 nitrogen and oxygen atoms in total. The molecule has 6 rings (SSSR count). The van der Waals surface area contributed by atoms with Crippen LogP contribution < -0.4 is 20.4 Å². The van der Waals surface area contributed by atoms with Crippen LogP contribution in [0.4, 0.5) is 49.2 Å². The van der Waals surface area contributed by atoms with Gasteiger partial charge in [0.1, 0.15) is 11.5 Å². The second kappa shape index (κ2) is 15.1. The number of halogens is 6. The van der Waals surface area contributed by atoms with E-state index in [1.807, 2.05) is 14.7 Å². The smallest absolute Gasteiger partial charge is 0.368 e. The summed E-state index contributed by atoms with van der Waals surface area (Å²) in [7, 11) is 0. The second-order valence-corrected chi connectivity index (χ2v) is 12.5. The highest BCUT2D eigenvalue weighted by Gasteiger charge is 2.33. The van der Waals surface area contributed by atoms with E-state index in [2.05, 4.69) is 30.8 Å². The number of rotatable bonds is 5. The molecule has 2 fully saturated rings. The minimum absolute atomic E-state index is 0.139. The van der Waals surface area contributed by atoms with Crippen molar-refractivity contribution >= 4 is 63.4 Å². The minimum Gasteiger partial charge on any atom is -0.368 e. The van der Waals surface area contributed by atoms with E-state index in [4.69, 9.17) is 24.4 Å². The quantitative estimate of drug-likeness (QED) is 0.0933. The molecular formula is C33H32F6N10S2. The number of aliphatic imine (C=N–C) groups is 1. The number of benzene rings is 2. The number of alkyl halides is 6. The lowest BCUT2D eigenvalue weighted by Crippen LogP contribution is -2.50. The fourth-order valence-electron chi connectivity index (χ4n) is 5.71. The van der Waals surface area contributed by atoms with Gasteiger partial charge in [-0.3, -0.25) is 10.1 Å². The molecule has 4 heterocycles. The zero-order valence-electron chi connectivity index (χ0n) is 26.9. The van der Waals surface area contributed by atoms with Crippen LogP contribution in [-0.4, -0.2) is 93.4 Å². The van der Waals surface area contributed by atoms with Gasteiger partial charge >= 0.3 is 12.4 Å². The molecule has 2 aromatic heterocycles. The lowest BCUT2D eigenvalue weighted by Gasteiger charge is -2.37. The van der Waals surface area contributed by atoms with Crippen LogP contribution in [0.25, 0.3) is 0 Å². The number of aromatic amines is 1. The van der Waals surface area contributed by atoms with Crippen LogP contribution >= 0.6 is 24.4 Å². The molecule has 0 spiro atoms. The summed E-state index contributed by atoms with van der Waals surface area (Å²) < 4.78 is 82.4. The second-order valence-electron chi connectivity index (χ2n) is 11.7. The first-order valence-corrected chi connectivity index (χ1v) is 16.7. The number of amidine groups is 1. The maximum absolute atomic E-state index is 14.2. The van der Waals surface area contributed by atoms with Crippen LogP contribution in [0.1, 0.15) is 16.8 Å². The molecule has 18 heteroatoms. The molecule has 51 heavy (non-hydrogen) atoms. The van der Waals surface area contributed by atoms with Gasteiger partial charge in [0, 0.05) is 81.7 Å². The number of hydrogen-bond donors (Lipinski definition) is 3. The monoisotopic (exact) mass is 746 g/mol. The molecular weight excluding hydrogens is 715 g/mol. The van der Waals surface area contributed by atoms with Gasteiger partial charge in [0.15, 0.2) is 16.1 Å². The van der Waals surface area contributed by atoms with E-state index in [0.717, 1.165) is 24.3 Å². The van der Waals surface area contributed by atoms with E-state index < -0.39 is 23.5 Å². The summed E-state index contributed by atoms with van der Waals surface area (Å²) in [6.07, 6.45) is -5.95. The SMILES string of the molecule is FC(F)(F)c1cccc(N2CCN(C(=S)/N=C(\Nc3cc(N4CCN(C(=S)Nc5ccn[nH]5)CC4)cc(C(F)(F)F)c3)c3ccccn3)CC2)c1. The number of hydrogen-bond acceptors (Lipinski definition) is 6. The molecule has 2 aromatic carbocycles. The predicted octanol–water partition coefficient (Wildman–Crippen LogP) is 6.33. The number of aromatic nitrogens is 3. The molecule has 0 radical (unpaired) electrons. The maximum atomic E-state index is 14.2. The summed E-state index contributed by atoms with van der Waals surface area (Å²) in [5.74, 6) is 0.782. The minimum atomic E-state index is -4.62. The highest BCUT2D eigenvalue weighted by Crippen LogP contribution is 2.35. The van der Waals surface area contributed by atoms with Gasteiger partial charge in [-0.05, 0) is 73.0 Å². The Bertz CT molecular complexity index is 1850. The molecule has 0 atom stereocenters. The summed E-state index contributed by atoms with van der Waals surface area (Å²) >= 11 is 11.2. The van der Waals surface area contributed by atoms with Crippen molar-refractivity contribution < 1.29 is 26.3 Å². The van der Waals surface area contributed by atoms with Crippen molar-refractivity contribution in [3.05, 3.63) is 95.9 Å². The summed E-state index contributed by atoms with van der Waals surface area (Å²) in [6, 6.07) is 15.7. The van der Waals surface area contributed by atoms with Gasteiger partial charge in [0.05, 0.1) is 17.3 Å². The molecule has 2 aliphatic heterocycles. The van der Waals surface area contributed by atoms with Crippen molar-refractivity contribution in [1.29, 1.82) is 0 Å². The number of nitrogens with zero attached hydrogens (tertiary/aromatic N) is 7. The van der Waals surface area contributed by atoms with Crippen LogP contribution in [-0.2, 0) is 12.4 Å². The van der Waals surface area contributed by atoms with Crippen LogP contribution in [0.2, 0.25) is 0 Å². The third kappa shape index (κ3) is 9.04. The van der Waals surface area contributed by atoms with Crippen LogP contribution in [0.5, 0.6) is 0 Å². The van der Waals surface area contributed by atoms with Crippen molar-refractivity contribution in [1.82, 2.24) is 25.0 Å². The molecule has 0 amide bonds. The number of piperazine rings is 2. The van der Waals surface area contributed by atoms with Gasteiger partial charge < -0.3 is 30.2 Å². The molecule has 0 saturated carbocycles. The Morgan fingerprint density at radius 3 is 1.98 bits per heavy atom. The number of anilines is 4. The first-order chi connectivity index (χ1) is 24.3. The Kier molecular flexibility index (Phi) is 10.6. The maximum Gasteiger partial charge on any atom is 0.416 e. The van der Waals surface area contributed by atoms with E-state index in [-0.39, 0.29) is 16.6 Å². The van der Waals surface area contributed by atoms with Gasteiger partial charge in [-0.25, -0.2) is 4.99 Å². The molecule has 0 bridgehead atoms. The van der Waals surface area contributed by atoms with Crippen molar-refractivity contribution in [3.63, 3.8) is 0 Å². The predicted molar refractivity (Wildman–Crippen MR) is 192 cm³/mol. The highest BCUT2D eigenvalue weighted by atomic mass is 32.1. The average molecular weight is 747 g/mol. The Hall–Kier alpha value is -4.97. The molecule has 0 unspecified atom stereocenters. The number of nitrogens with one attached hydrogen (secondary N) is 3. The Morgan fingerprint density at radius 2 is 1.35 bits per heavy atom. The molecule has 2 aliphatic rings. The number of H-pyrrole nitrogens is 1. The largest absolute Gasteiger partial charge is 0.416 e. The molecule has 2 saturated heterocycles. The summed E-state index contributed by atoms with van der Waals surface area (Å²) in [4.78, 5) is 16.4.